The summed E-state index contributed by atoms with van der Waals surface area (Å²) in [4.78, 5) is 4.19. The molecule has 1 N–H and O–H groups in total. The van der Waals surface area contributed by atoms with Crippen LogP contribution in [0.1, 0.15) is 11.1 Å². The van der Waals surface area contributed by atoms with Gasteiger partial charge < -0.3 is 0 Å². The molecule has 0 saturated heterocycles. The molecule has 0 spiro atoms. The maximum Gasteiger partial charge on any atom is 0.264 e. The number of aryl methyl sites for hydroxylation is 2. The van der Waals surface area contributed by atoms with Crippen molar-refractivity contribution in [3.8, 4) is 0 Å². The maximum absolute atomic E-state index is 12.3. The van der Waals surface area contributed by atoms with E-state index >= 15 is 0 Å². The Morgan fingerprint density at radius 3 is 2.42 bits per heavy atom. The van der Waals surface area contributed by atoms with E-state index in [-0.39, 0.29) is 4.90 Å². The Bertz CT molecular complexity index is 714. The summed E-state index contributed by atoms with van der Waals surface area (Å²) in [6.07, 6.45) is 1.57. The van der Waals surface area contributed by atoms with E-state index in [9.17, 15) is 8.42 Å². The second-order valence-electron chi connectivity index (χ2n) is 4.26. The first-order valence-electron chi connectivity index (χ1n) is 5.60. The number of nitrogens with one attached hydrogen (secondary N) is 1. The molecule has 1 aromatic carbocycles. The van der Waals surface area contributed by atoms with Crippen LogP contribution in [0, 0.1) is 13.8 Å². The molecule has 100 valence electrons. The number of nitrogens with zero attached hydrogens (tertiary/aromatic N) is 1. The normalized spacial score (nSPS) is 11.3. The van der Waals surface area contributed by atoms with Gasteiger partial charge >= 0.3 is 0 Å². The summed E-state index contributed by atoms with van der Waals surface area (Å²) < 4.78 is 27.5. The zero-order chi connectivity index (χ0) is 14.0. The van der Waals surface area contributed by atoms with Crippen LogP contribution in [-0.2, 0) is 10.0 Å². The summed E-state index contributed by atoms with van der Waals surface area (Å²) in [6, 6.07) is 8.57. The lowest BCUT2D eigenvalue weighted by Gasteiger charge is -2.09. The highest BCUT2D eigenvalue weighted by Crippen LogP contribution is 2.24. The van der Waals surface area contributed by atoms with Gasteiger partial charge in [-0.1, -0.05) is 6.07 Å². The van der Waals surface area contributed by atoms with Crippen molar-refractivity contribution in [2.75, 3.05) is 4.72 Å². The highest BCUT2D eigenvalue weighted by molar-refractivity contribution is 9.10. The van der Waals surface area contributed by atoms with E-state index in [0.717, 1.165) is 11.1 Å². The highest BCUT2D eigenvalue weighted by atomic mass is 79.9. The highest BCUT2D eigenvalue weighted by Gasteiger charge is 2.18. The van der Waals surface area contributed by atoms with E-state index in [0.29, 0.717) is 10.3 Å². The van der Waals surface area contributed by atoms with E-state index in [4.69, 9.17) is 0 Å². The van der Waals surface area contributed by atoms with Crippen molar-refractivity contribution in [1.29, 1.82) is 0 Å². The molecule has 0 radical (unpaired) electrons. The Kier molecular flexibility index (Phi) is 3.91. The van der Waals surface area contributed by atoms with Crippen LogP contribution in [-0.4, -0.2) is 13.4 Å². The minimum atomic E-state index is -3.64. The van der Waals surface area contributed by atoms with Crippen LogP contribution in [0.15, 0.2) is 45.9 Å². The number of hydrogen-bond donors (Lipinski definition) is 1. The van der Waals surface area contributed by atoms with Gasteiger partial charge in [-0.2, -0.15) is 0 Å². The van der Waals surface area contributed by atoms with Crippen molar-refractivity contribution >= 4 is 31.8 Å². The molecule has 19 heavy (non-hydrogen) atoms. The number of benzene rings is 1. The van der Waals surface area contributed by atoms with E-state index in [1.165, 1.54) is 0 Å². The predicted octanol–water partition coefficient (Wildman–Crippen LogP) is 3.26. The van der Waals surface area contributed by atoms with Gasteiger partial charge in [-0.25, -0.2) is 13.4 Å². The minimum absolute atomic E-state index is 0.196. The van der Waals surface area contributed by atoms with Crippen LogP contribution in [0.3, 0.4) is 0 Å². The molecule has 1 aromatic heterocycles. The van der Waals surface area contributed by atoms with Crippen LogP contribution in [0.4, 0.5) is 5.82 Å². The van der Waals surface area contributed by atoms with E-state index < -0.39 is 10.0 Å². The molecule has 2 rings (SSSR count). The molecule has 0 atom stereocenters. The fourth-order valence-electron chi connectivity index (χ4n) is 1.61. The fraction of sp³-hybridized carbons (Fsp3) is 0.154. The van der Waals surface area contributed by atoms with Gasteiger partial charge in [0.05, 0.1) is 0 Å². The Morgan fingerprint density at radius 1 is 1.11 bits per heavy atom. The third-order valence-electron chi connectivity index (χ3n) is 2.53. The second kappa shape index (κ2) is 5.30. The van der Waals surface area contributed by atoms with E-state index in [1.54, 1.807) is 36.5 Å². The molecule has 0 aliphatic rings. The van der Waals surface area contributed by atoms with Crippen molar-refractivity contribution in [3.63, 3.8) is 0 Å². The lowest BCUT2D eigenvalue weighted by Crippen LogP contribution is -2.14. The van der Waals surface area contributed by atoms with Gasteiger partial charge in [0.1, 0.15) is 10.7 Å². The zero-order valence-corrected chi connectivity index (χ0v) is 12.9. The summed E-state index contributed by atoms with van der Waals surface area (Å²) in [5, 5.41) is 0. The molecule has 4 nitrogen and oxygen atoms in total. The van der Waals surface area contributed by atoms with Crippen LogP contribution >= 0.6 is 15.9 Å². The number of rotatable bonds is 3. The van der Waals surface area contributed by atoms with Crippen LogP contribution in [0.2, 0.25) is 0 Å². The molecule has 6 heteroatoms. The Labute approximate surface area is 121 Å². The number of halogens is 1. The van der Waals surface area contributed by atoms with Gasteiger partial charge in [-0.3, -0.25) is 4.72 Å². The number of pyridine rings is 1. The van der Waals surface area contributed by atoms with Gasteiger partial charge in [0.15, 0.2) is 0 Å². The van der Waals surface area contributed by atoms with E-state index in [2.05, 4.69) is 25.6 Å². The Balaban J connectivity index is 2.38. The lowest BCUT2D eigenvalue weighted by atomic mass is 10.2. The van der Waals surface area contributed by atoms with Crippen molar-refractivity contribution in [2.45, 2.75) is 18.7 Å². The maximum atomic E-state index is 12.3. The Morgan fingerprint density at radius 2 is 1.79 bits per heavy atom. The average molecular weight is 341 g/mol. The minimum Gasteiger partial charge on any atom is -0.263 e. The molecular formula is C13H13BrN2O2S. The van der Waals surface area contributed by atoms with Crippen molar-refractivity contribution in [1.82, 2.24) is 4.98 Å². The molecule has 0 saturated carbocycles. The second-order valence-corrected chi connectivity index (χ2v) is 6.76. The van der Waals surface area contributed by atoms with E-state index in [1.807, 2.05) is 13.8 Å². The topological polar surface area (TPSA) is 59.1 Å². The van der Waals surface area contributed by atoms with Crippen LogP contribution < -0.4 is 4.72 Å². The first-order valence-corrected chi connectivity index (χ1v) is 7.88. The number of sulfonamides is 1. The first kappa shape index (κ1) is 14.0. The molecule has 0 unspecified atom stereocenters. The number of aromatic nitrogens is 1. The molecule has 0 aliphatic carbocycles. The summed E-state index contributed by atoms with van der Waals surface area (Å²) in [5.41, 5.74) is 1.93. The third kappa shape index (κ3) is 3.33. The van der Waals surface area contributed by atoms with Gasteiger partial charge in [-0.05, 0) is 65.2 Å². The van der Waals surface area contributed by atoms with Gasteiger partial charge in [-0.15, -0.1) is 0 Å². The molecule has 0 bridgehead atoms. The van der Waals surface area contributed by atoms with Crippen LogP contribution in [0.25, 0.3) is 0 Å². The third-order valence-corrected chi connectivity index (χ3v) is 4.86. The standard InChI is InChI=1S/C13H13BrN2O2S/c1-9-3-4-12(11(14)7-9)19(17,18)16-13-8-10(2)5-6-15-13/h3-8H,1-2H3,(H,15,16). The summed E-state index contributed by atoms with van der Waals surface area (Å²) in [6.45, 7) is 3.78. The number of hydrogen-bond acceptors (Lipinski definition) is 3. The molecule has 0 amide bonds. The quantitative estimate of drug-likeness (QED) is 0.932. The average Bonchev–Trinajstić information content (AvgIpc) is 2.27. The smallest absolute Gasteiger partial charge is 0.263 e. The molecule has 1 heterocycles. The number of anilines is 1. The summed E-state index contributed by atoms with van der Waals surface area (Å²) in [7, 11) is -3.64. The first-order chi connectivity index (χ1) is 8.88. The van der Waals surface area contributed by atoms with Gasteiger partial charge in [0, 0.05) is 10.7 Å². The Hall–Kier alpha value is -1.40. The SMILES string of the molecule is Cc1ccnc(NS(=O)(=O)c2ccc(C)cc2Br)c1. The van der Waals surface area contributed by atoms with Gasteiger partial charge in [0.25, 0.3) is 10.0 Å². The van der Waals surface area contributed by atoms with Crippen molar-refractivity contribution in [3.05, 3.63) is 52.1 Å². The summed E-state index contributed by atoms with van der Waals surface area (Å²) in [5.74, 6) is 0.312. The monoisotopic (exact) mass is 340 g/mol. The molecule has 0 fully saturated rings. The fourth-order valence-corrected chi connectivity index (χ4v) is 3.80. The lowest BCUT2D eigenvalue weighted by molar-refractivity contribution is 0.600. The van der Waals surface area contributed by atoms with Gasteiger partial charge in [0.2, 0.25) is 0 Å². The molecule has 2 aromatic rings. The molecular weight excluding hydrogens is 328 g/mol. The summed E-state index contributed by atoms with van der Waals surface area (Å²) >= 11 is 3.27. The largest absolute Gasteiger partial charge is 0.264 e. The van der Waals surface area contributed by atoms with Crippen molar-refractivity contribution < 1.29 is 8.42 Å². The molecule has 0 aliphatic heterocycles. The van der Waals surface area contributed by atoms with Crippen LogP contribution in [0.5, 0.6) is 0 Å². The predicted molar refractivity (Wildman–Crippen MR) is 78.7 cm³/mol. The zero-order valence-electron chi connectivity index (χ0n) is 10.5. The van der Waals surface area contributed by atoms with Crippen molar-refractivity contribution in [2.24, 2.45) is 0 Å².